The molecule has 0 aromatic carbocycles. The largest absolute Gasteiger partial charge is 0.462 e. The van der Waals surface area contributed by atoms with Gasteiger partial charge in [0.05, 0.1) is 29.7 Å². The number of aromatic nitrogens is 1. The lowest BCUT2D eigenvalue weighted by Gasteiger charge is -2.43. The fourth-order valence-corrected chi connectivity index (χ4v) is 7.16. The number of ether oxygens (including phenoxy) is 1. The van der Waals surface area contributed by atoms with Crippen molar-refractivity contribution in [1.82, 2.24) is 4.98 Å². The van der Waals surface area contributed by atoms with E-state index in [4.69, 9.17) is 10.5 Å². The van der Waals surface area contributed by atoms with Crippen LogP contribution >= 0.6 is 11.3 Å². The molecule has 0 fully saturated rings. The Hall–Kier alpha value is -3.44. The molecule has 186 valence electrons. The van der Waals surface area contributed by atoms with Gasteiger partial charge in [0, 0.05) is 35.0 Å². The summed E-state index contributed by atoms with van der Waals surface area (Å²) in [6.45, 7) is 6.19. The molecule has 7 nitrogen and oxygen atoms in total. The Morgan fingerprint density at radius 3 is 2.81 bits per heavy atom. The number of pyridine rings is 1. The molecular weight excluding hydrogens is 472 g/mol. The van der Waals surface area contributed by atoms with Gasteiger partial charge in [-0.15, -0.1) is 11.3 Å². The number of rotatable bonds is 4. The number of Topliss-reactive ketones (excluding diaryl/α,β-unsaturated/α-hetero) is 1. The molecule has 0 saturated heterocycles. The zero-order valence-corrected chi connectivity index (χ0v) is 21.7. The monoisotopic (exact) mass is 502 g/mol. The summed E-state index contributed by atoms with van der Waals surface area (Å²) in [5.41, 5.74) is 10.5. The lowest BCUT2D eigenvalue weighted by Crippen LogP contribution is -2.42. The summed E-state index contributed by atoms with van der Waals surface area (Å²) >= 11 is 1.54. The quantitative estimate of drug-likeness (QED) is 0.577. The molecule has 0 saturated carbocycles. The van der Waals surface area contributed by atoms with E-state index in [0.717, 1.165) is 47.4 Å². The van der Waals surface area contributed by atoms with Gasteiger partial charge in [0.25, 0.3) is 0 Å². The minimum Gasteiger partial charge on any atom is -0.462 e. The molecule has 2 aromatic rings. The maximum Gasteiger partial charge on any atom is 0.341 e. The smallest absolute Gasteiger partial charge is 0.341 e. The zero-order valence-electron chi connectivity index (χ0n) is 20.9. The highest BCUT2D eigenvalue weighted by atomic mass is 32.1. The number of carbonyl (C=O) groups excluding carboxylic acids is 2. The van der Waals surface area contributed by atoms with Crippen molar-refractivity contribution in [3.8, 4) is 6.07 Å². The van der Waals surface area contributed by atoms with E-state index in [1.165, 1.54) is 11.3 Å². The van der Waals surface area contributed by atoms with Gasteiger partial charge in [-0.2, -0.15) is 5.26 Å². The third-order valence-electron chi connectivity index (χ3n) is 7.23. The summed E-state index contributed by atoms with van der Waals surface area (Å²) in [6.07, 6.45) is 8.09. The van der Waals surface area contributed by atoms with E-state index >= 15 is 0 Å². The van der Waals surface area contributed by atoms with Gasteiger partial charge in [-0.25, -0.2) is 4.79 Å². The van der Waals surface area contributed by atoms with E-state index < -0.39 is 5.92 Å². The number of fused-ring (bicyclic) bond motifs is 1. The van der Waals surface area contributed by atoms with Crippen molar-refractivity contribution in [3.05, 3.63) is 68.8 Å². The number of aryl methyl sites for hydroxylation is 1. The number of esters is 1. The second kappa shape index (κ2) is 9.21. The average Bonchev–Trinajstić information content (AvgIpc) is 3.22. The third-order valence-corrected chi connectivity index (χ3v) is 8.51. The average molecular weight is 503 g/mol. The molecule has 0 amide bonds. The van der Waals surface area contributed by atoms with Gasteiger partial charge in [-0.05, 0) is 61.6 Å². The molecule has 0 spiro atoms. The van der Waals surface area contributed by atoms with Gasteiger partial charge >= 0.3 is 5.97 Å². The number of hydrogen-bond donors (Lipinski definition) is 1. The van der Waals surface area contributed by atoms with Gasteiger partial charge in [0.2, 0.25) is 0 Å². The van der Waals surface area contributed by atoms with E-state index in [1.54, 1.807) is 25.4 Å². The van der Waals surface area contributed by atoms with Crippen LogP contribution in [0.5, 0.6) is 0 Å². The highest BCUT2D eigenvalue weighted by Gasteiger charge is 2.46. The standard InChI is InChI=1S/C28H30N4O3S/c1-4-35-27(34)23-17-9-5-6-10-21(17)36-26(23)32-19-12-28(2,3)13-20(33)24(19)22(18(14-29)25(32)30)16-8-7-11-31-15-16/h7-8,11,15,22H,4-6,9-10,12-13,30H2,1-3H3. The summed E-state index contributed by atoms with van der Waals surface area (Å²) in [5, 5.41) is 11.0. The Labute approximate surface area is 215 Å². The van der Waals surface area contributed by atoms with Crippen molar-refractivity contribution in [2.24, 2.45) is 11.1 Å². The Morgan fingerprint density at radius 2 is 2.11 bits per heavy atom. The van der Waals surface area contributed by atoms with Crippen LogP contribution in [0.4, 0.5) is 5.00 Å². The van der Waals surface area contributed by atoms with E-state index in [0.29, 0.717) is 34.6 Å². The van der Waals surface area contributed by atoms with Crippen molar-refractivity contribution in [3.63, 3.8) is 0 Å². The van der Waals surface area contributed by atoms with Crippen LogP contribution in [0.1, 0.15) is 78.7 Å². The molecule has 36 heavy (non-hydrogen) atoms. The van der Waals surface area contributed by atoms with Crippen LogP contribution in [-0.2, 0) is 22.4 Å². The second-order valence-corrected chi connectivity index (χ2v) is 11.5. The van der Waals surface area contributed by atoms with Crippen LogP contribution in [0.15, 0.2) is 47.2 Å². The van der Waals surface area contributed by atoms with E-state index in [9.17, 15) is 14.9 Å². The number of carbonyl (C=O) groups is 2. The zero-order chi connectivity index (χ0) is 25.6. The molecule has 2 N–H and O–H groups in total. The molecule has 3 aliphatic rings. The highest BCUT2D eigenvalue weighted by Crippen LogP contribution is 2.53. The van der Waals surface area contributed by atoms with Gasteiger partial charge in [-0.1, -0.05) is 19.9 Å². The van der Waals surface area contributed by atoms with Crippen molar-refractivity contribution < 1.29 is 14.3 Å². The van der Waals surface area contributed by atoms with E-state index in [2.05, 4.69) is 24.9 Å². The number of nitrogens with two attached hydrogens (primary N) is 1. The van der Waals surface area contributed by atoms with Gasteiger partial charge < -0.3 is 10.5 Å². The first-order valence-corrected chi connectivity index (χ1v) is 13.3. The number of thiophene rings is 1. The molecule has 5 rings (SSSR count). The molecule has 1 aliphatic heterocycles. The van der Waals surface area contributed by atoms with Crippen LogP contribution in [0, 0.1) is 16.7 Å². The predicted octanol–water partition coefficient (Wildman–Crippen LogP) is 5.14. The number of anilines is 1. The van der Waals surface area contributed by atoms with Crippen LogP contribution in [-0.4, -0.2) is 23.3 Å². The van der Waals surface area contributed by atoms with Crippen LogP contribution in [0.2, 0.25) is 0 Å². The molecule has 2 aromatic heterocycles. The fraction of sp³-hybridized carbons (Fsp3) is 0.429. The van der Waals surface area contributed by atoms with Gasteiger partial charge in [0.1, 0.15) is 10.8 Å². The lowest BCUT2D eigenvalue weighted by molar-refractivity contribution is -0.118. The third kappa shape index (κ3) is 3.92. The lowest BCUT2D eigenvalue weighted by atomic mass is 9.69. The Bertz CT molecular complexity index is 1350. The van der Waals surface area contributed by atoms with Crippen LogP contribution in [0.3, 0.4) is 0 Å². The molecule has 1 unspecified atom stereocenters. The highest BCUT2D eigenvalue weighted by molar-refractivity contribution is 7.16. The maximum absolute atomic E-state index is 13.7. The Kier molecular flexibility index (Phi) is 6.21. The number of ketones is 1. The van der Waals surface area contributed by atoms with E-state index in [-0.39, 0.29) is 29.6 Å². The first-order chi connectivity index (χ1) is 17.3. The molecule has 3 heterocycles. The summed E-state index contributed by atoms with van der Waals surface area (Å²) in [5.74, 6) is -0.700. The minimum atomic E-state index is -0.584. The summed E-state index contributed by atoms with van der Waals surface area (Å²) in [4.78, 5) is 34.2. The van der Waals surface area contributed by atoms with Crippen molar-refractivity contribution in [2.75, 3.05) is 11.5 Å². The Balaban J connectivity index is 1.79. The second-order valence-electron chi connectivity index (χ2n) is 10.4. The number of nitriles is 1. The SMILES string of the molecule is CCOC(=O)c1c(N2C(N)=C(C#N)C(c3cccnc3)C3=C2CC(C)(C)CC3=O)sc2c1CCCC2. The van der Waals surface area contributed by atoms with Crippen molar-refractivity contribution >= 4 is 28.1 Å². The van der Waals surface area contributed by atoms with Gasteiger partial charge in [0.15, 0.2) is 5.78 Å². The summed E-state index contributed by atoms with van der Waals surface area (Å²) in [6, 6.07) is 5.98. The first-order valence-electron chi connectivity index (χ1n) is 12.4. The predicted molar refractivity (Wildman–Crippen MR) is 138 cm³/mol. The maximum atomic E-state index is 13.7. The minimum absolute atomic E-state index is 0.000595. The number of nitrogens with zero attached hydrogens (tertiary/aromatic N) is 3. The number of allylic oxidation sites excluding steroid dienone is 3. The fourth-order valence-electron chi connectivity index (χ4n) is 5.74. The van der Waals surface area contributed by atoms with Crippen molar-refractivity contribution in [2.45, 2.75) is 65.2 Å². The summed E-state index contributed by atoms with van der Waals surface area (Å²) < 4.78 is 5.49. The molecular formula is C28H30N4O3S. The van der Waals surface area contributed by atoms with Crippen LogP contribution in [0.25, 0.3) is 0 Å². The first kappa shape index (κ1) is 24.3. The molecule has 0 bridgehead atoms. The number of hydrogen-bond acceptors (Lipinski definition) is 8. The van der Waals surface area contributed by atoms with Crippen molar-refractivity contribution in [1.29, 1.82) is 5.26 Å². The molecule has 1 atom stereocenters. The molecule has 2 aliphatic carbocycles. The van der Waals surface area contributed by atoms with E-state index in [1.807, 2.05) is 11.0 Å². The topological polar surface area (TPSA) is 109 Å². The molecule has 8 heteroatoms. The van der Waals surface area contributed by atoms with Crippen LogP contribution < -0.4 is 10.6 Å². The normalized spacial score (nSPS) is 21.1. The molecule has 0 radical (unpaired) electrons. The van der Waals surface area contributed by atoms with Gasteiger partial charge in [-0.3, -0.25) is 14.7 Å². The Morgan fingerprint density at radius 1 is 1.33 bits per heavy atom. The summed E-state index contributed by atoms with van der Waals surface area (Å²) in [7, 11) is 0.